The number of carboxylic acid groups (broad SMARTS) is 2. The summed E-state index contributed by atoms with van der Waals surface area (Å²) in [6.07, 6.45) is 2.87. The van der Waals surface area contributed by atoms with Crippen molar-refractivity contribution in [1.29, 1.82) is 0 Å². The fraction of sp³-hybridized carbons (Fsp3) is 0.312. The van der Waals surface area contributed by atoms with Gasteiger partial charge < -0.3 is 53.3 Å². The molecule has 16 nitrogen and oxygen atoms in total. The van der Waals surface area contributed by atoms with Gasteiger partial charge in [0.15, 0.2) is 5.96 Å². The number of nitrogens with one attached hydrogen (secondary N) is 5. The Morgan fingerprint density at radius 3 is 1.77 bits per heavy atom. The third-order valence-corrected chi connectivity index (χ3v) is 7.76. The molecule has 0 saturated carbocycles. The van der Waals surface area contributed by atoms with Crippen LogP contribution >= 0.6 is 0 Å². The number of aromatic amines is 2. The number of guanidine groups is 1. The molecule has 2 aromatic carbocycles. The molecular weight excluding hydrogens is 622 g/mol. The van der Waals surface area contributed by atoms with Crippen LogP contribution in [0.2, 0.25) is 0 Å². The van der Waals surface area contributed by atoms with Gasteiger partial charge in [0.05, 0.1) is 12.5 Å². The highest BCUT2D eigenvalue weighted by atomic mass is 16.4. The van der Waals surface area contributed by atoms with Crippen molar-refractivity contribution >= 4 is 57.4 Å². The van der Waals surface area contributed by atoms with E-state index in [4.69, 9.17) is 17.2 Å². The molecule has 0 spiro atoms. The van der Waals surface area contributed by atoms with Crippen molar-refractivity contribution in [2.75, 3.05) is 6.54 Å². The lowest BCUT2D eigenvalue weighted by Crippen LogP contribution is -2.58. The molecule has 2 heterocycles. The number of benzene rings is 2. The van der Waals surface area contributed by atoms with E-state index in [-0.39, 0.29) is 31.8 Å². The van der Waals surface area contributed by atoms with Crippen LogP contribution in [0.4, 0.5) is 0 Å². The van der Waals surface area contributed by atoms with Gasteiger partial charge in [0.25, 0.3) is 0 Å². The van der Waals surface area contributed by atoms with Crippen molar-refractivity contribution in [2.24, 2.45) is 22.2 Å². The summed E-state index contributed by atoms with van der Waals surface area (Å²) in [5.74, 6) is -5.39. The number of nitrogens with zero attached hydrogens (tertiary/aromatic N) is 1. The average Bonchev–Trinajstić information content (AvgIpc) is 3.65. The van der Waals surface area contributed by atoms with Gasteiger partial charge in [-0.3, -0.25) is 24.2 Å². The maximum Gasteiger partial charge on any atom is 0.326 e. The van der Waals surface area contributed by atoms with Crippen LogP contribution in [0.15, 0.2) is 65.9 Å². The van der Waals surface area contributed by atoms with E-state index in [0.29, 0.717) is 17.5 Å². The third-order valence-electron chi connectivity index (χ3n) is 7.76. The zero-order valence-corrected chi connectivity index (χ0v) is 25.9. The van der Waals surface area contributed by atoms with Gasteiger partial charge in [-0.25, -0.2) is 4.79 Å². The molecule has 3 amide bonds. The van der Waals surface area contributed by atoms with Gasteiger partial charge in [-0.15, -0.1) is 0 Å². The maximum absolute atomic E-state index is 13.8. The molecule has 4 rings (SSSR count). The molecule has 0 saturated heterocycles. The number of carbonyl (C=O) groups excluding carboxylic acids is 3. The van der Waals surface area contributed by atoms with Gasteiger partial charge in [-0.1, -0.05) is 36.4 Å². The van der Waals surface area contributed by atoms with Crippen molar-refractivity contribution in [3.05, 3.63) is 72.1 Å². The number of aromatic nitrogens is 2. The topological polar surface area (TPSA) is 284 Å². The van der Waals surface area contributed by atoms with Gasteiger partial charge in [0.2, 0.25) is 17.7 Å². The Hall–Kier alpha value is -5.90. The summed E-state index contributed by atoms with van der Waals surface area (Å²) < 4.78 is 0. The van der Waals surface area contributed by atoms with Crippen LogP contribution in [-0.4, -0.2) is 86.5 Å². The first-order valence-corrected chi connectivity index (χ1v) is 15.2. The molecule has 4 aromatic rings. The Labute approximate surface area is 274 Å². The monoisotopic (exact) mass is 661 g/mol. The smallest absolute Gasteiger partial charge is 0.326 e. The van der Waals surface area contributed by atoms with E-state index in [0.717, 1.165) is 21.8 Å². The van der Waals surface area contributed by atoms with Crippen LogP contribution in [0.25, 0.3) is 21.8 Å². The normalized spacial score (nSPS) is 13.6. The van der Waals surface area contributed by atoms with Gasteiger partial charge in [0, 0.05) is 53.6 Å². The maximum atomic E-state index is 13.8. The number of carbonyl (C=O) groups is 5. The predicted octanol–water partition coefficient (Wildman–Crippen LogP) is -0.171. The highest BCUT2D eigenvalue weighted by Crippen LogP contribution is 2.21. The molecule has 0 aliphatic carbocycles. The summed E-state index contributed by atoms with van der Waals surface area (Å²) in [6, 6.07) is 9.15. The molecule has 0 fully saturated rings. The minimum absolute atomic E-state index is 0.0579. The highest BCUT2D eigenvalue weighted by Gasteiger charge is 2.32. The van der Waals surface area contributed by atoms with Crippen molar-refractivity contribution in [3.8, 4) is 0 Å². The fourth-order valence-electron chi connectivity index (χ4n) is 5.31. The van der Waals surface area contributed by atoms with Crippen LogP contribution in [0, 0.1) is 0 Å². The van der Waals surface area contributed by atoms with Gasteiger partial charge in [-0.05, 0) is 36.1 Å². The lowest BCUT2D eigenvalue weighted by Gasteiger charge is -2.25. The van der Waals surface area contributed by atoms with Crippen molar-refractivity contribution in [1.82, 2.24) is 25.9 Å². The Kier molecular flexibility index (Phi) is 11.7. The molecule has 0 aliphatic rings. The molecule has 254 valence electrons. The van der Waals surface area contributed by atoms with Crippen LogP contribution in [0.5, 0.6) is 0 Å². The van der Waals surface area contributed by atoms with Gasteiger partial charge in [-0.2, -0.15) is 0 Å². The molecule has 4 atom stereocenters. The quantitative estimate of drug-likeness (QED) is 0.0405. The number of aliphatic carboxylic acids is 2. The summed E-state index contributed by atoms with van der Waals surface area (Å²) in [5.41, 5.74) is 19.4. The van der Waals surface area contributed by atoms with E-state index >= 15 is 0 Å². The Balaban J connectivity index is 1.54. The summed E-state index contributed by atoms with van der Waals surface area (Å²) in [6.45, 7) is 0.213. The molecule has 4 unspecified atom stereocenters. The van der Waals surface area contributed by atoms with Crippen LogP contribution in [0.1, 0.15) is 30.4 Å². The summed E-state index contributed by atoms with van der Waals surface area (Å²) >= 11 is 0. The first-order valence-electron chi connectivity index (χ1n) is 15.2. The second kappa shape index (κ2) is 16.1. The molecule has 0 radical (unpaired) electrons. The molecular formula is C32H39N9O7. The summed E-state index contributed by atoms with van der Waals surface area (Å²) in [7, 11) is 0. The number of amides is 3. The predicted molar refractivity (Wildman–Crippen MR) is 178 cm³/mol. The lowest BCUT2D eigenvalue weighted by molar-refractivity contribution is -0.143. The number of hydrogen-bond donors (Lipinski definition) is 10. The average molecular weight is 662 g/mol. The largest absolute Gasteiger partial charge is 0.481 e. The van der Waals surface area contributed by atoms with Crippen LogP contribution in [0.3, 0.4) is 0 Å². The standard InChI is InChI=1S/C32H39N9O7/c33-21(8-5-11-36-32(34)35)28(44)39-25(14-27(42)43)30(46)40-24(12-17-15-37-22-9-3-1-6-19(17)22)29(45)41-26(31(47)48)13-18-16-38-23-10-4-2-7-20(18)23/h1-4,6-7,9-10,15-16,21,24-26,37-38H,5,8,11-14,33H2,(H,39,44)(H,40,46)(H,41,45)(H,42,43)(H,47,48)(H4,34,35,36). The van der Waals surface area contributed by atoms with Gasteiger partial charge >= 0.3 is 11.9 Å². The molecule has 2 aromatic heterocycles. The number of rotatable bonds is 17. The number of fused-ring (bicyclic) bond motifs is 2. The second-order valence-corrected chi connectivity index (χ2v) is 11.3. The summed E-state index contributed by atoms with van der Waals surface area (Å²) in [4.78, 5) is 74.1. The first-order chi connectivity index (χ1) is 22.9. The van der Waals surface area contributed by atoms with Crippen LogP contribution in [-0.2, 0) is 36.8 Å². The SMILES string of the molecule is NC(N)=NCCCC(N)C(=O)NC(CC(=O)O)C(=O)NC(Cc1c[nH]c2ccccc12)C(=O)NC(Cc1c[nH]c2ccccc12)C(=O)O. The van der Waals surface area contributed by atoms with Gasteiger partial charge in [0.1, 0.15) is 18.1 Å². The van der Waals surface area contributed by atoms with Crippen molar-refractivity contribution in [2.45, 2.75) is 56.3 Å². The number of nitrogens with two attached hydrogens (primary N) is 3. The fourth-order valence-corrected chi connectivity index (χ4v) is 5.31. The number of carboxylic acids is 2. The zero-order valence-electron chi connectivity index (χ0n) is 25.9. The molecule has 16 heteroatoms. The number of para-hydroxylation sites is 2. The van der Waals surface area contributed by atoms with Crippen LogP contribution < -0.4 is 33.2 Å². The Morgan fingerprint density at radius 1 is 0.729 bits per heavy atom. The molecule has 13 N–H and O–H groups in total. The second-order valence-electron chi connectivity index (χ2n) is 11.3. The van der Waals surface area contributed by atoms with E-state index in [9.17, 15) is 34.2 Å². The first kappa shape index (κ1) is 35.0. The minimum atomic E-state index is -1.60. The van der Waals surface area contributed by atoms with E-state index < -0.39 is 60.2 Å². The van der Waals surface area contributed by atoms with Crippen molar-refractivity contribution in [3.63, 3.8) is 0 Å². The minimum Gasteiger partial charge on any atom is -0.481 e. The van der Waals surface area contributed by atoms with E-state index in [1.54, 1.807) is 18.5 Å². The number of aliphatic imine (C=N–C) groups is 1. The summed E-state index contributed by atoms with van der Waals surface area (Å²) in [5, 5.41) is 28.5. The Bertz CT molecular complexity index is 1810. The highest BCUT2D eigenvalue weighted by molar-refractivity contribution is 5.96. The molecule has 0 aliphatic heterocycles. The molecule has 48 heavy (non-hydrogen) atoms. The van der Waals surface area contributed by atoms with Crippen molar-refractivity contribution < 1.29 is 34.2 Å². The lowest BCUT2D eigenvalue weighted by atomic mass is 10.0. The Morgan fingerprint density at radius 2 is 1.23 bits per heavy atom. The number of hydrogen-bond acceptors (Lipinski definition) is 7. The molecule has 0 bridgehead atoms. The van der Waals surface area contributed by atoms with E-state index in [1.165, 1.54) is 0 Å². The number of H-pyrrole nitrogens is 2. The zero-order chi connectivity index (χ0) is 34.8. The van der Waals surface area contributed by atoms with E-state index in [2.05, 4.69) is 30.9 Å². The van der Waals surface area contributed by atoms with E-state index in [1.807, 2.05) is 42.5 Å². The third kappa shape index (κ3) is 9.32.